The molecular weight excluding hydrogens is 246 g/mol. The normalized spacial score (nSPS) is 12.7. The first kappa shape index (κ1) is 12.9. The van der Waals surface area contributed by atoms with E-state index in [9.17, 15) is 0 Å². The minimum Gasteiger partial charge on any atom is -0.459 e. The van der Waals surface area contributed by atoms with Crippen molar-refractivity contribution in [3.63, 3.8) is 0 Å². The molecule has 0 radical (unpaired) electrons. The third-order valence-electron chi connectivity index (χ3n) is 3.59. The van der Waals surface area contributed by atoms with Gasteiger partial charge in [-0.3, -0.25) is 0 Å². The molecule has 2 heteroatoms. The first-order valence-electron chi connectivity index (χ1n) is 7.11. The molecule has 102 valence electrons. The Bertz CT molecular complexity index is 700. The molecule has 0 bridgehead atoms. The first-order valence-corrected chi connectivity index (χ1v) is 7.11. The molecule has 0 aliphatic rings. The molecule has 3 rings (SSSR count). The van der Waals surface area contributed by atoms with Gasteiger partial charge in [0.2, 0.25) is 0 Å². The quantitative estimate of drug-likeness (QED) is 0.735. The average molecular weight is 265 g/mol. The van der Waals surface area contributed by atoms with Crippen molar-refractivity contribution in [3.8, 4) is 11.1 Å². The smallest absolute Gasteiger partial charge is 0.142 e. The molecule has 2 aromatic carbocycles. The summed E-state index contributed by atoms with van der Waals surface area (Å²) >= 11 is 0. The molecule has 3 aromatic rings. The zero-order valence-corrected chi connectivity index (χ0v) is 11.9. The van der Waals surface area contributed by atoms with Gasteiger partial charge in [0.15, 0.2) is 0 Å². The Hall–Kier alpha value is -2.06. The Morgan fingerprint density at radius 3 is 2.60 bits per heavy atom. The highest BCUT2D eigenvalue weighted by molar-refractivity contribution is 5.92. The molecule has 20 heavy (non-hydrogen) atoms. The van der Waals surface area contributed by atoms with E-state index in [1.165, 1.54) is 5.56 Å². The van der Waals surface area contributed by atoms with Crippen LogP contribution in [0, 0.1) is 0 Å². The first-order chi connectivity index (χ1) is 9.79. The van der Waals surface area contributed by atoms with E-state index in [0.717, 1.165) is 28.8 Å². The van der Waals surface area contributed by atoms with Gasteiger partial charge in [-0.15, -0.1) is 0 Å². The van der Waals surface area contributed by atoms with Crippen LogP contribution in [-0.2, 0) is 0 Å². The van der Waals surface area contributed by atoms with Crippen LogP contribution in [0.25, 0.3) is 22.1 Å². The molecular formula is C18H19NO. The maximum absolute atomic E-state index is 6.11. The number of benzene rings is 2. The molecule has 1 heterocycles. The fourth-order valence-corrected chi connectivity index (χ4v) is 2.55. The summed E-state index contributed by atoms with van der Waals surface area (Å²) in [7, 11) is 0. The number of nitrogens with one attached hydrogen (secondary N) is 1. The lowest BCUT2D eigenvalue weighted by molar-refractivity contribution is 0.460. The standard InChI is InChI=1S/C18H19NO/c1-3-19-13(2)17-12-15-10-7-11-16(18(15)20-17)14-8-5-4-6-9-14/h4-13,19H,3H2,1-2H3. The molecule has 1 N–H and O–H groups in total. The Labute approximate surface area is 119 Å². The van der Waals surface area contributed by atoms with Crippen LogP contribution in [-0.4, -0.2) is 6.54 Å². The maximum atomic E-state index is 6.11. The lowest BCUT2D eigenvalue weighted by atomic mass is 10.0. The zero-order valence-electron chi connectivity index (χ0n) is 11.9. The van der Waals surface area contributed by atoms with E-state index < -0.39 is 0 Å². The third kappa shape index (κ3) is 2.35. The summed E-state index contributed by atoms with van der Waals surface area (Å²) in [5.41, 5.74) is 3.31. The summed E-state index contributed by atoms with van der Waals surface area (Å²) in [4.78, 5) is 0. The summed E-state index contributed by atoms with van der Waals surface area (Å²) in [5, 5.41) is 4.55. The monoisotopic (exact) mass is 265 g/mol. The van der Waals surface area contributed by atoms with Crippen molar-refractivity contribution in [2.24, 2.45) is 0 Å². The number of para-hydroxylation sites is 1. The highest BCUT2D eigenvalue weighted by Crippen LogP contribution is 2.32. The van der Waals surface area contributed by atoms with Gasteiger partial charge in [0.1, 0.15) is 11.3 Å². The van der Waals surface area contributed by atoms with Gasteiger partial charge in [0.05, 0.1) is 6.04 Å². The number of hydrogen-bond acceptors (Lipinski definition) is 2. The minimum atomic E-state index is 0.232. The molecule has 0 saturated carbocycles. The molecule has 0 aliphatic carbocycles. The van der Waals surface area contributed by atoms with Gasteiger partial charge in [-0.25, -0.2) is 0 Å². The van der Waals surface area contributed by atoms with Gasteiger partial charge < -0.3 is 9.73 Å². The zero-order chi connectivity index (χ0) is 13.9. The van der Waals surface area contributed by atoms with Gasteiger partial charge >= 0.3 is 0 Å². The van der Waals surface area contributed by atoms with Gasteiger partial charge in [0.25, 0.3) is 0 Å². The predicted molar refractivity (Wildman–Crippen MR) is 83.7 cm³/mol. The van der Waals surface area contributed by atoms with E-state index >= 15 is 0 Å². The molecule has 1 unspecified atom stereocenters. The fourth-order valence-electron chi connectivity index (χ4n) is 2.55. The van der Waals surface area contributed by atoms with E-state index in [-0.39, 0.29) is 6.04 Å². The van der Waals surface area contributed by atoms with Gasteiger partial charge in [-0.2, -0.15) is 0 Å². The highest BCUT2D eigenvalue weighted by atomic mass is 16.3. The van der Waals surface area contributed by atoms with Gasteiger partial charge in [0, 0.05) is 10.9 Å². The van der Waals surface area contributed by atoms with Crippen LogP contribution >= 0.6 is 0 Å². The van der Waals surface area contributed by atoms with Crippen molar-refractivity contribution in [2.45, 2.75) is 19.9 Å². The molecule has 2 nitrogen and oxygen atoms in total. The van der Waals surface area contributed by atoms with Crippen LogP contribution in [0.3, 0.4) is 0 Å². The van der Waals surface area contributed by atoms with E-state index in [2.05, 4.69) is 67.7 Å². The summed E-state index contributed by atoms with van der Waals surface area (Å²) < 4.78 is 6.11. The van der Waals surface area contributed by atoms with E-state index in [1.807, 2.05) is 6.07 Å². The molecule has 1 atom stereocenters. The second-order valence-corrected chi connectivity index (χ2v) is 5.02. The van der Waals surface area contributed by atoms with Crippen molar-refractivity contribution in [1.29, 1.82) is 0 Å². The minimum absolute atomic E-state index is 0.232. The summed E-state index contributed by atoms with van der Waals surface area (Å²) in [6.07, 6.45) is 0. The highest BCUT2D eigenvalue weighted by Gasteiger charge is 2.13. The molecule has 0 saturated heterocycles. The number of furan rings is 1. The lowest BCUT2D eigenvalue weighted by Crippen LogP contribution is -2.16. The number of rotatable bonds is 4. The topological polar surface area (TPSA) is 25.2 Å². The van der Waals surface area contributed by atoms with Crippen LogP contribution in [0.1, 0.15) is 25.6 Å². The van der Waals surface area contributed by atoms with Crippen molar-refractivity contribution in [2.75, 3.05) is 6.54 Å². The number of hydrogen-bond donors (Lipinski definition) is 1. The summed E-state index contributed by atoms with van der Waals surface area (Å²) in [6, 6.07) is 19.0. The van der Waals surface area contributed by atoms with E-state index in [4.69, 9.17) is 4.42 Å². The summed E-state index contributed by atoms with van der Waals surface area (Å²) in [6.45, 7) is 5.17. The number of fused-ring (bicyclic) bond motifs is 1. The second kappa shape index (κ2) is 5.51. The Kier molecular flexibility index (Phi) is 3.57. The molecule has 0 spiro atoms. The lowest BCUT2D eigenvalue weighted by Gasteiger charge is -2.08. The predicted octanol–water partition coefficient (Wildman–Crippen LogP) is 4.77. The van der Waals surface area contributed by atoms with Crippen LogP contribution in [0.15, 0.2) is 59.0 Å². The Morgan fingerprint density at radius 2 is 1.85 bits per heavy atom. The van der Waals surface area contributed by atoms with Gasteiger partial charge in [-0.1, -0.05) is 55.5 Å². The Morgan fingerprint density at radius 1 is 1.05 bits per heavy atom. The van der Waals surface area contributed by atoms with Gasteiger partial charge in [-0.05, 0) is 25.1 Å². The molecule has 0 aliphatic heterocycles. The van der Waals surface area contributed by atoms with Crippen molar-refractivity contribution < 1.29 is 4.42 Å². The third-order valence-corrected chi connectivity index (χ3v) is 3.59. The van der Waals surface area contributed by atoms with Crippen LogP contribution in [0.4, 0.5) is 0 Å². The van der Waals surface area contributed by atoms with E-state index in [0.29, 0.717) is 0 Å². The molecule has 0 fully saturated rings. The van der Waals surface area contributed by atoms with Crippen LogP contribution < -0.4 is 5.32 Å². The molecule has 0 amide bonds. The summed E-state index contributed by atoms with van der Waals surface area (Å²) in [5.74, 6) is 0.991. The van der Waals surface area contributed by atoms with Crippen molar-refractivity contribution >= 4 is 11.0 Å². The Balaban J connectivity index is 2.10. The largest absolute Gasteiger partial charge is 0.459 e. The fraction of sp³-hybridized carbons (Fsp3) is 0.222. The van der Waals surface area contributed by atoms with Crippen molar-refractivity contribution in [1.82, 2.24) is 5.32 Å². The second-order valence-electron chi connectivity index (χ2n) is 5.02. The van der Waals surface area contributed by atoms with E-state index in [1.54, 1.807) is 0 Å². The molecule has 1 aromatic heterocycles. The van der Waals surface area contributed by atoms with Crippen molar-refractivity contribution in [3.05, 3.63) is 60.4 Å². The van der Waals surface area contributed by atoms with Crippen LogP contribution in [0.2, 0.25) is 0 Å². The SMILES string of the molecule is CCNC(C)c1cc2cccc(-c3ccccc3)c2o1. The van der Waals surface area contributed by atoms with Crippen LogP contribution in [0.5, 0.6) is 0 Å². The maximum Gasteiger partial charge on any atom is 0.142 e. The average Bonchev–Trinajstić information content (AvgIpc) is 2.92.